The van der Waals surface area contributed by atoms with Crippen molar-refractivity contribution in [2.45, 2.75) is 10.9 Å². The van der Waals surface area contributed by atoms with Gasteiger partial charge in [-0.1, -0.05) is 24.3 Å². The van der Waals surface area contributed by atoms with Crippen LogP contribution in [0.25, 0.3) is 0 Å². The number of anilines is 1. The normalized spacial score (nSPS) is 19.9. The van der Waals surface area contributed by atoms with E-state index >= 15 is 0 Å². The summed E-state index contributed by atoms with van der Waals surface area (Å²) in [7, 11) is -3.67. The predicted molar refractivity (Wildman–Crippen MR) is 118 cm³/mol. The molecule has 2 saturated heterocycles. The molecule has 0 radical (unpaired) electrons. The number of carbonyl (C=O) groups excluding carboxylic acids is 2. The zero-order valence-corrected chi connectivity index (χ0v) is 18.4. The van der Waals surface area contributed by atoms with Crippen LogP contribution >= 0.6 is 11.8 Å². The molecule has 1 N–H and O–H groups in total. The molecule has 2 amide bonds. The van der Waals surface area contributed by atoms with Gasteiger partial charge in [0.15, 0.2) is 0 Å². The highest BCUT2D eigenvalue weighted by Gasteiger charge is 2.35. The third-order valence-corrected chi connectivity index (χ3v) is 8.08. The maximum absolute atomic E-state index is 12.9. The number of hydrogen-bond acceptors (Lipinski definition) is 6. The van der Waals surface area contributed by atoms with Gasteiger partial charge in [0.1, 0.15) is 6.04 Å². The van der Waals surface area contributed by atoms with Gasteiger partial charge in [0.2, 0.25) is 15.9 Å². The molecule has 31 heavy (non-hydrogen) atoms. The Balaban J connectivity index is 1.48. The predicted octanol–water partition coefficient (Wildman–Crippen LogP) is 1.86. The van der Waals surface area contributed by atoms with Crippen molar-refractivity contribution in [2.75, 3.05) is 43.2 Å². The molecule has 2 aliphatic rings. The molecule has 0 aromatic heterocycles. The molecule has 1 atom stereocenters. The lowest BCUT2D eigenvalue weighted by atomic mass is 10.1. The molecule has 4 rings (SSSR count). The van der Waals surface area contributed by atoms with Gasteiger partial charge in [0, 0.05) is 30.1 Å². The molecule has 2 aromatic rings. The number of sulfonamides is 1. The third-order valence-electron chi connectivity index (χ3n) is 5.18. The first kappa shape index (κ1) is 21.8. The van der Waals surface area contributed by atoms with Crippen molar-refractivity contribution in [3.8, 4) is 0 Å². The van der Waals surface area contributed by atoms with Gasteiger partial charge in [-0.3, -0.25) is 9.59 Å². The zero-order chi connectivity index (χ0) is 21.8. The molecule has 0 aliphatic carbocycles. The van der Waals surface area contributed by atoms with E-state index < -0.39 is 16.1 Å². The van der Waals surface area contributed by atoms with Crippen LogP contribution in [0.3, 0.4) is 0 Å². The molecule has 0 bridgehead atoms. The van der Waals surface area contributed by atoms with Crippen molar-refractivity contribution in [2.24, 2.45) is 0 Å². The van der Waals surface area contributed by atoms with E-state index in [9.17, 15) is 18.0 Å². The van der Waals surface area contributed by atoms with E-state index in [0.29, 0.717) is 49.2 Å². The Labute approximate surface area is 185 Å². The van der Waals surface area contributed by atoms with Gasteiger partial charge in [-0.2, -0.15) is 4.31 Å². The monoisotopic (exact) mass is 461 g/mol. The molecule has 0 spiro atoms. The number of amides is 2. The van der Waals surface area contributed by atoms with Crippen LogP contribution in [0.5, 0.6) is 0 Å². The van der Waals surface area contributed by atoms with Crippen molar-refractivity contribution in [3.63, 3.8) is 0 Å². The summed E-state index contributed by atoms with van der Waals surface area (Å²) in [4.78, 5) is 27.4. The first-order chi connectivity index (χ1) is 15.0. The number of thioether (sulfide) groups is 1. The molecule has 8 nitrogen and oxygen atoms in total. The summed E-state index contributed by atoms with van der Waals surface area (Å²) in [5, 5.41) is 2.78. The molecule has 0 saturated carbocycles. The summed E-state index contributed by atoms with van der Waals surface area (Å²) in [6, 6.07) is 14.4. The third kappa shape index (κ3) is 4.77. The Morgan fingerprint density at radius 2 is 1.77 bits per heavy atom. The maximum Gasteiger partial charge on any atom is 0.255 e. The minimum atomic E-state index is -3.67. The Morgan fingerprint density at radius 3 is 2.52 bits per heavy atom. The number of nitrogens with zero attached hydrogens (tertiary/aromatic N) is 2. The van der Waals surface area contributed by atoms with Crippen LogP contribution in [0.4, 0.5) is 5.69 Å². The van der Waals surface area contributed by atoms with Gasteiger partial charge in [-0.05, 0) is 30.3 Å². The number of carbonyl (C=O) groups is 2. The number of morpholine rings is 1. The van der Waals surface area contributed by atoms with Gasteiger partial charge in [0.25, 0.3) is 5.91 Å². The first-order valence-electron chi connectivity index (χ1n) is 9.89. The zero-order valence-electron chi connectivity index (χ0n) is 16.8. The average Bonchev–Trinajstić information content (AvgIpc) is 3.30. The Kier molecular flexibility index (Phi) is 6.61. The lowest BCUT2D eigenvalue weighted by Crippen LogP contribution is -2.44. The SMILES string of the molecule is O=C(Nc1cccc(S(=O)(=O)N2CCOCC2)c1)[C@@H]1CSCN1C(=O)c1ccccc1. The second-order valence-corrected chi connectivity index (χ2v) is 10.1. The highest BCUT2D eigenvalue weighted by Crippen LogP contribution is 2.25. The lowest BCUT2D eigenvalue weighted by Gasteiger charge is -2.26. The maximum atomic E-state index is 12.9. The van der Waals surface area contributed by atoms with Crippen LogP contribution in [-0.2, 0) is 19.6 Å². The summed E-state index contributed by atoms with van der Waals surface area (Å²) in [6.07, 6.45) is 0. The molecule has 10 heteroatoms. The Morgan fingerprint density at radius 1 is 1.03 bits per heavy atom. The number of hydrogen-bond donors (Lipinski definition) is 1. The molecule has 2 fully saturated rings. The van der Waals surface area contributed by atoms with E-state index in [1.165, 1.54) is 28.2 Å². The summed E-state index contributed by atoms with van der Waals surface area (Å²) < 4.78 is 32.4. The number of nitrogens with one attached hydrogen (secondary N) is 1. The van der Waals surface area contributed by atoms with E-state index in [1.54, 1.807) is 41.3 Å². The molecule has 164 valence electrons. The fraction of sp³-hybridized carbons (Fsp3) is 0.333. The summed E-state index contributed by atoms with van der Waals surface area (Å²) in [5.41, 5.74) is 0.907. The number of ether oxygens (including phenoxy) is 1. The van der Waals surface area contributed by atoms with Crippen molar-refractivity contribution in [1.82, 2.24) is 9.21 Å². The summed E-state index contributed by atoms with van der Waals surface area (Å²) >= 11 is 1.51. The lowest BCUT2D eigenvalue weighted by molar-refractivity contribution is -0.119. The van der Waals surface area contributed by atoms with Gasteiger partial charge >= 0.3 is 0 Å². The second-order valence-electron chi connectivity index (χ2n) is 7.19. The van der Waals surface area contributed by atoms with Gasteiger partial charge in [-0.15, -0.1) is 11.8 Å². The van der Waals surface area contributed by atoms with Crippen LogP contribution in [-0.4, -0.2) is 73.4 Å². The van der Waals surface area contributed by atoms with Crippen LogP contribution in [0, 0.1) is 0 Å². The van der Waals surface area contributed by atoms with E-state index in [1.807, 2.05) is 6.07 Å². The smallest absolute Gasteiger partial charge is 0.255 e. The second kappa shape index (κ2) is 9.39. The highest BCUT2D eigenvalue weighted by molar-refractivity contribution is 7.99. The van der Waals surface area contributed by atoms with Crippen molar-refractivity contribution in [3.05, 3.63) is 60.2 Å². The first-order valence-corrected chi connectivity index (χ1v) is 12.5. The highest BCUT2D eigenvalue weighted by atomic mass is 32.2. The average molecular weight is 462 g/mol. The molecule has 2 aromatic carbocycles. The summed E-state index contributed by atoms with van der Waals surface area (Å²) in [5.74, 6) is 0.373. The van der Waals surface area contributed by atoms with Gasteiger partial charge in [0.05, 0.1) is 24.0 Å². The van der Waals surface area contributed by atoms with E-state index in [4.69, 9.17) is 4.74 Å². The number of rotatable bonds is 5. The van der Waals surface area contributed by atoms with Crippen molar-refractivity contribution < 1.29 is 22.7 Å². The topological polar surface area (TPSA) is 96.0 Å². The fourth-order valence-corrected chi connectivity index (χ4v) is 6.11. The largest absolute Gasteiger partial charge is 0.379 e. The van der Waals surface area contributed by atoms with E-state index in [2.05, 4.69) is 5.32 Å². The Bertz CT molecular complexity index is 1060. The Hall–Kier alpha value is -2.40. The molecular weight excluding hydrogens is 438 g/mol. The quantitative estimate of drug-likeness (QED) is 0.730. The van der Waals surface area contributed by atoms with Crippen molar-refractivity contribution in [1.29, 1.82) is 0 Å². The van der Waals surface area contributed by atoms with Crippen LogP contribution in [0.1, 0.15) is 10.4 Å². The summed E-state index contributed by atoms with van der Waals surface area (Å²) in [6.45, 7) is 1.32. The van der Waals surface area contributed by atoms with Crippen LogP contribution < -0.4 is 5.32 Å². The van der Waals surface area contributed by atoms with E-state index in [-0.39, 0.29) is 16.7 Å². The molecule has 2 aliphatic heterocycles. The van der Waals surface area contributed by atoms with Crippen molar-refractivity contribution >= 4 is 39.3 Å². The standard InChI is InChI=1S/C21H23N3O5S2/c25-20(19-14-30-15-24(19)21(26)16-5-2-1-3-6-16)22-17-7-4-8-18(13-17)31(27,28)23-9-11-29-12-10-23/h1-8,13,19H,9-12,14-15H2,(H,22,25)/t19-/m0/s1. The van der Waals surface area contributed by atoms with Gasteiger partial charge in [-0.25, -0.2) is 8.42 Å². The van der Waals surface area contributed by atoms with Crippen LogP contribution in [0.15, 0.2) is 59.5 Å². The van der Waals surface area contributed by atoms with Crippen LogP contribution in [0.2, 0.25) is 0 Å². The van der Waals surface area contributed by atoms with Gasteiger partial charge < -0.3 is 15.0 Å². The minimum absolute atomic E-state index is 0.116. The molecule has 0 unspecified atom stereocenters. The minimum Gasteiger partial charge on any atom is -0.379 e. The number of benzene rings is 2. The molecule has 2 heterocycles. The fourth-order valence-electron chi connectivity index (χ4n) is 3.50. The van der Waals surface area contributed by atoms with E-state index in [0.717, 1.165) is 0 Å². The molecular formula is C21H23N3O5S2.